The van der Waals surface area contributed by atoms with Crippen LogP contribution in [0.5, 0.6) is 0 Å². The standard InChI is InChI=1S/C12H12F2O2/c1-7-2-3-8(13)10(11(7)14)12(4-5-12)6-9(15)16/h2-3H,4-6H2,1H3,(H,15,16). The van der Waals surface area contributed by atoms with E-state index in [9.17, 15) is 13.6 Å². The summed E-state index contributed by atoms with van der Waals surface area (Å²) < 4.78 is 27.4. The third-order valence-corrected chi connectivity index (χ3v) is 3.16. The van der Waals surface area contributed by atoms with Gasteiger partial charge in [0.25, 0.3) is 0 Å². The van der Waals surface area contributed by atoms with Gasteiger partial charge >= 0.3 is 5.97 Å². The van der Waals surface area contributed by atoms with E-state index in [1.807, 2.05) is 0 Å². The van der Waals surface area contributed by atoms with Gasteiger partial charge in [-0.15, -0.1) is 0 Å². The predicted molar refractivity (Wildman–Crippen MR) is 54.3 cm³/mol. The Kier molecular flexibility index (Phi) is 2.45. The fourth-order valence-electron chi connectivity index (χ4n) is 2.10. The second-order valence-electron chi connectivity index (χ2n) is 4.40. The number of rotatable bonds is 3. The summed E-state index contributed by atoms with van der Waals surface area (Å²) in [4.78, 5) is 10.7. The zero-order valence-corrected chi connectivity index (χ0v) is 8.89. The molecule has 0 saturated heterocycles. The number of carbonyl (C=O) groups is 1. The molecule has 1 aromatic rings. The van der Waals surface area contributed by atoms with Gasteiger partial charge < -0.3 is 5.11 Å². The average molecular weight is 226 g/mol. The molecule has 1 saturated carbocycles. The fourth-order valence-corrected chi connectivity index (χ4v) is 2.10. The molecule has 2 nitrogen and oxygen atoms in total. The molecule has 86 valence electrons. The van der Waals surface area contributed by atoms with Gasteiger partial charge in [-0.3, -0.25) is 4.79 Å². The van der Waals surface area contributed by atoms with Gasteiger partial charge in [0.2, 0.25) is 0 Å². The highest BCUT2D eigenvalue weighted by molar-refractivity contribution is 5.70. The van der Waals surface area contributed by atoms with E-state index in [1.165, 1.54) is 12.1 Å². The van der Waals surface area contributed by atoms with Crippen LogP contribution in [0.1, 0.15) is 30.4 Å². The van der Waals surface area contributed by atoms with E-state index in [0.717, 1.165) is 0 Å². The van der Waals surface area contributed by atoms with Gasteiger partial charge in [0.15, 0.2) is 0 Å². The Balaban J connectivity index is 2.48. The maximum atomic E-state index is 13.8. The van der Waals surface area contributed by atoms with Gasteiger partial charge in [0.05, 0.1) is 6.42 Å². The number of benzene rings is 1. The van der Waals surface area contributed by atoms with Crippen LogP contribution >= 0.6 is 0 Å². The van der Waals surface area contributed by atoms with Crippen LogP contribution in [-0.4, -0.2) is 11.1 Å². The van der Waals surface area contributed by atoms with Crippen LogP contribution < -0.4 is 0 Å². The van der Waals surface area contributed by atoms with E-state index in [4.69, 9.17) is 5.11 Å². The molecule has 0 aliphatic heterocycles. The van der Waals surface area contributed by atoms with Gasteiger partial charge in [0, 0.05) is 11.0 Å². The molecular weight excluding hydrogens is 214 g/mol. The molecule has 0 atom stereocenters. The average Bonchev–Trinajstić information content (AvgIpc) is 2.92. The van der Waals surface area contributed by atoms with Crippen LogP contribution in [0.2, 0.25) is 0 Å². The molecule has 1 aliphatic carbocycles. The zero-order chi connectivity index (χ0) is 11.9. The molecule has 0 bridgehead atoms. The van der Waals surface area contributed by atoms with Gasteiger partial charge in [-0.1, -0.05) is 6.07 Å². The van der Waals surface area contributed by atoms with Crippen LogP contribution in [0.25, 0.3) is 0 Å². The smallest absolute Gasteiger partial charge is 0.304 e. The first-order chi connectivity index (χ1) is 7.46. The molecule has 1 N–H and O–H groups in total. The van der Waals surface area contributed by atoms with Crippen molar-refractivity contribution in [3.05, 3.63) is 34.9 Å². The topological polar surface area (TPSA) is 37.3 Å². The van der Waals surface area contributed by atoms with E-state index >= 15 is 0 Å². The molecule has 0 radical (unpaired) electrons. The molecule has 4 heteroatoms. The van der Waals surface area contributed by atoms with Crippen molar-refractivity contribution < 1.29 is 18.7 Å². The number of carboxylic acid groups (broad SMARTS) is 1. The Bertz CT molecular complexity index is 451. The van der Waals surface area contributed by atoms with Crippen molar-refractivity contribution in [2.75, 3.05) is 0 Å². The Morgan fingerprint density at radius 3 is 2.56 bits per heavy atom. The molecule has 1 fully saturated rings. The maximum absolute atomic E-state index is 13.8. The number of aliphatic carboxylic acids is 1. The van der Waals surface area contributed by atoms with E-state index in [0.29, 0.717) is 18.4 Å². The first-order valence-corrected chi connectivity index (χ1v) is 5.13. The summed E-state index contributed by atoms with van der Waals surface area (Å²) >= 11 is 0. The Hall–Kier alpha value is -1.45. The lowest BCUT2D eigenvalue weighted by Crippen LogP contribution is -2.17. The first-order valence-electron chi connectivity index (χ1n) is 5.13. The summed E-state index contributed by atoms with van der Waals surface area (Å²) in [5.74, 6) is -2.25. The van der Waals surface area contributed by atoms with E-state index < -0.39 is 23.0 Å². The maximum Gasteiger partial charge on any atom is 0.304 e. The number of halogens is 2. The van der Waals surface area contributed by atoms with E-state index in [1.54, 1.807) is 6.92 Å². The van der Waals surface area contributed by atoms with Crippen LogP contribution in [0.3, 0.4) is 0 Å². The molecule has 1 aliphatic rings. The molecule has 0 aromatic heterocycles. The molecule has 0 heterocycles. The Morgan fingerprint density at radius 2 is 2.06 bits per heavy atom. The van der Waals surface area contributed by atoms with Gasteiger partial charge in [-0.05, 0) is 31.4 Å². The van der Waals surface area contributed by atoms with Gasteiger partial charge in [-0.25, -0.2) is 8.78 Å². The molecule has 16 heavy (non-hydrogen) atoms. The lowest BCUT2D eigenvalue weighted by atomic mass is 9.90. The molecule has 0 amide bonds. The molecule has 2 rings (SSSR count). The first kappa shape index (κ1) is 11.0. The highest BCUT2D eigenvalue weighted by Gasteiger charge is 2.49. The lowest BCUT2D eigenvalue weighted by Gasteiger charge is -2.16. The number of hydrogen-bond donors (Lipinski definition) is 1. The molecule has 0 unspecified atom stereocenters. The minimum atomic E-state index is -1.02. The number of carboxylic acids is 1. The minimum absolute atomic E-state index is 0.0464. The predicted octanol–water partition coefficient (Wildman–Crippen LogP) is 2.78. The quantitative estimate of drug-likeness (QED) is 0.860. The number of aryl methyl sites for hydroxylation is 1. The van der Waals surface area contributed by atoms with Crippen molar-refractivity contribution in [2.24, 2.45) is 0 Å². The zero-order valence-electron chi connectivity index (χ0n) is 8.89. The Labute approximate surface area is 91.9 Å². The summed E-state index contributed by atoms with van der Waals surface area (Å²) in [6, 6.07) is 2.57. The van der Waals surface area contributed by atoms with Crippen molar-refractivity contribution in [1.82, 2.24) is 0 Å². The highest BCUT2D eigenvalue weighted by atomic mass is 19.1. The third-order valence-electron chi connectivity index (χ3n) is 3.16. The largest absolute Gasteiger partial charge is 0.481 e. The van der Waals surface area contributed by atoms with E-state index in [2.05, 4.69) is 0 Å². The van der Waals surface area contributed by atoms with Crippen molar-refractivity contribution in [3.63, 3.8) is 0 Å². The molecule has 1 aromatic carbocycles. The normalized spacial score (nSPS) is 17.2. The number of hydrogen-bond acceptors (Lipinski definition) is 1. The van der Waals surface area contributed by atoms with Crippen molar-refractivity contribution >= 4 is 5.97 Å². The summed E-state index contributed by atoms with van der Waals surface area (Å²) in [7, 11) is 0. The summed E-state index contributed by atoms with van der Waals surface area (Å²) in [5.41, 5.74) is -0.505. The second-order valence-corrected chi connectivity index (χ2v) is 4.40. The van der Waals surface area contributed by atoms with Gasteiger partial charge in [-0.2, -0.15) is 0 Å². The lowest BCUT2D eigenvalue weighted by molar-refractivity contribution is -0.137. The van der Waals surface area contributed by atoms with Crippen LogP contribution in [0.4, 0.5) is 8.78 Å². The molecular formula is C12H12F2O2. The summed E-state index contributed by atoms with van der Waals surface area (Å²) in [6.07, 6.45) is 0.872. The Morgan fingerprint density at radius 1 is 1.44 bits per heavy atom. The fraction of sp³-hybridized carbons (Fsp3) is 0.417. The SMILES string of the molecule is Cc1ccc(F)c(C2(CC(=O)O)CC2)c1F. The van der Waals surface area contributed by atoms with Gasteiger partial charge in [0.1, 0.15) is 11.6 Å². The highest BCUT2D eigenvalue weighted by Crippen LogP contribution is 2.52. The summed E-state index contributed by atoms with van der Waals surface area (Å²) in [5, 5.41) is 8.76. The van der Waals surface area contributed by atoms with E-state index in [-0.39, 0.29) is 12.0 Å². The summed E-state index contributed by atoms with van der Waals surface area (Å²) in [6.45, 7) is 1.55. The minimum Gasteiger partial charge on any atom is -0.481 e. The van der Waals surface area contributed by atoms with Crippen LogP contribution in [-0.2, 0) is 10.2 Å². The third kappa shape index (κ3) is 1.68. The van der Waals surface area contributed by atoms with Crippen molar-refractivity contribution in [3.8, 4) is 0 Å². The second kappa shape index (κ2) is 3.54. The van der Waals surface area contributed by atoms with Crippen LogP contribution in [0, 0.1) is 18.6 Å². The van der Waals surface area contributed by atoms with Crippen molar-refractivity contribution in [1.29, 1.82) is 0 Å². The van der Waals surface area contributed by atoms with Crippen LogP contribution in [0.15, 0.2) is 12.1 Å². The van der Waals surface area contributed by atoms with Crippen molar-refractivity contribution in [2.45, 2.75) is 31.6 Å². The monoisotopic (exact) mass is 226 g/mol. The molecule has 0 spiro atoms.